The smallest absolute Gasteiger partial charge is 0.221 e. The molecule has 1 radical (unpaired) electrons. The second kappa shape index (κ2) is 4.68. The Bertz CT molecular complexity index is 93.1. The summed E-state index contributed by atoms with van der Waals surface area (Å²) in [6, 6.07) is 0.235. The van der Waals surface area contributed by atoms with Crippen molar-refractivity contribution in [3.63, 3.8) is 0 Å². The van der Waals surface area contributed by atoms with Crippen LogP contribution in [0.4, 0.5) is 0 Å². The van der Waals surface area contributed by atoms with E-state index in [4.69, 9.17) is 0 Å². The summed E-state index contributed by atoms with van der Waals surface area (Å²) in [6.45, 7) is 3.86. The van der Waals surface area contributed by atoms with E-state index < -0.39 is 0 Å². The summed E-state index contributed by atoms with van der Waals surface area (Å²) < 4.78 is 0. The van der Waals surface area contributed by atoms with Gasteiger partial charge in [0.2, 0.25) is 5.91 Å². The van der Waals surface area contributed by atoms with Gasteiger partial charge in [-0.1, -0.05) is 12.6 Å². The summed E-state index contributed by atoms with van der Waals surface area (Å²) in [5.41, 5.74) is 0. The molecule has 0 heterocycles. The highest BCUT2D eigenvalue weighted by atomic mass is 32.1. The van der Waals surface area contributed by atoms with Crippen LogP contribution in [-0.4, -0.2) is 17.7 Å². The second-order valence-electron chi connectivity index (χ2n) is 2.18. The molecule has 0 aromatic carbocycles. The van der Waals surface area contributed by atoms with Crippen molar-refractivity contribution in [3.05, 3.63) is 0 Å². The Balaban J connectivity index is 3.27. The van der Waals surface area contributed by atoms with Crippen molar-refractivity contribution in [1.29, 1.82) is 0 Å². The number of hydrogen-bond acceptors (Lipinski definition) is 1. The van der Waals surface area contributed by atoms with Crippen LogP contribution in [0, 0.1) is 0 Å². The minimum absolute atomic E-state index is 0.0556. The van der Waals surface area contributed by atoms with Crippen molar-refractivity contribution < 1.29 is 4.79 Å². The van der Waals surface area contributed by atoms with Gasteiger partial charge in [-0.3, -0.25) is 4.79 Å². The van der Waals surface area contributed by atoms with Crippen LogP contribution in [0.3, 0.4) is 0 Å². The van der Waals surface area contributed by atoms with Crippen molar-refractivity contribution in [1.82, 2.24) is 5.32 Å². The van der Waals surface area contributed by atoms with E-state index in [0.29, 0.717) is 12.2 Å². The molecular formula is C6H12NOS. The standard InChI is InChI=1S/C6H12NOS/c1-5(2)7-6(8)3-4-9/h5H,3-4H2,1-2H3,(H,7,8). The molecule has 0 aromatic rings. The lowest BCUT2D eigenvalue weighted by atomic mass is 10.3. The average molecular weight is 146 g/mol. The van der Waals surface area contributed by atoms with Gasteiger partial charge >= 0.3 is 0 Å². The zero-order chi connectivity index (χ0) is 7.28. The van der Waals surface area contributed by atoms with Gasteiger partial charge in [-0.25, -0.2) is 0 Å². The molecule has 0 saturated carbocycles. The first-order chi connectivity index (χ1) is 4.16. The summed E-state index contributed by atoms with van der Waals surface area (Å²) in [5, 5.41) is 2.74. The largest absolute Gasteiger partial charge is 0.354 e. The van der Waals surface area contributed by atoms with E-state index in [-0.39, 0.29) is 11.9 Å². The predicted octanol–water partition coefficient (Wildman–Crippen LogP) is 1.10. The lowest BCUT2D eigenvalue weighted by Gasteiger charge is -2.05. The van der Waals surface area contributed by atoms with E-state index in [2.05, 4.69) is 17.9 Å². The zero-order valence-corrected chi connectivity index (χ0v) is 6.62. The number of amides is 1. The molecule has 0 atom stereocenters. The molecule has 0 aliphatic carbocycles. The fourth-order valence-electron chi connectivity index (χ4n) is 0.487. The maximum absolute atomic E-state index is 10.7. The van der Waals surface area contributed by atoms with Crippen LogP contribution < -0.4 is 5.32 Å². The molecule has 0 saturated heterocycles. The van der Waals surface area contributed by atoms with Crippen molar-refractivity contribution in [3.8, 4) is 0 Å². The molecule has 0 rings (SSSR count). The molecule has 0 unspecified atom stereocenters. The van der Waals surface area contributed by atoms with Crippen molar-refractivity contribution in [2.45, 2.75) is 26.3 Å². The monoisotopic (exact) mass is 146 g/mol. The highest BCUT2D eigenvalue weighted by Crippen LogP contribution is 1.85. The maximum atomic E-state index is 10.7. The first-order valence-corrected chi connectivity index (χ1v) is 3.62. The third kappa shape index (κ3) is 5.69. The minimum Gasteiger partial charge on any atom is -0.354 e. The summed E-state index contributed by atoms with van der Waals surface area (Å²) in [4.78, 5) is 10.7. The van der Waals surface area contributed by atoms with Crippen molar-refractivity contribution in [2.24, 2.45) is 0 Å². The Labute approximate surface area is 61.4 Å². The average Bonchev–Trinajstić information content (AvgIpc) is 1.63. The second-order valence-corrected chi connectivity index (χ2v) is 2.58. The van der Waals surface area contributed by atoms with E-state index in [0.717, 1.165) is 0 Å². The summed E-state index contributed by atoms with van der Waals surface area (Å²) >= 11 is 4.62. The van der Waals surface area contributed by atoms with E-state index in [9.17, 15) is 4.79 Å². The topological polar surface area (TPSA) is 29.1 Å². The maximum Gasteiger partial charge on any atom is 0.221 e. The van der Waals surface area contributed by atoms with Gasteiger partial charge in [0.25, 0.3) is 0 Å². The van der Waals surface area contributed by atoms with E-state index >= 15 is 0 Å². The van der Waals surface area contributed by atoms with Crippen LogP contribution in [0.1, 0.15) is 20.3 Å². The highest BCUT2D eigenvalue weighted by molar-refractivity contribution is 7.80. The Morgan fingerprint density at radius 3 is 2.56 bits per heavy atom. The number of carbonyl (C=O) groups is 1. The number of hydrogen-bond donors (Lipinski definition) is 1. The molecule has 9 heavy (non-hydrogen) atoms. The Morgan fingerprint density at radius 2 is 2.22 bits per heavy atom. The Hall–Kier alpha value is -0.180. The van der Waals surface area contributed by atoms with Crippen LogP contribution in [-0.2, 0) is 4.79 Å². The van der Waals surface area contributed by atoms with Gasteiger partial charge in [0, 0.05) is 18.2 Å². The number of carbonyl (C=O) groups excluding carboxylic acids is 1. The van der Waals surface area contributed by atoms with E-state index in [1.54, 1.807) is 0 Å². The van der Waals surface area contributed by atoms with Gasteiger partial charge < -0.3 is 5.32 Å². The highest BCUT2D eigenvalue weighted by Gasteiger charge is 1.99. The van der Waals surface area contributed by atoms with Gasteiger partial charge in [0.05, 0.1) is 0 Å². The normalized spacial score (nSPS) is 9.78. The first-order valence-electron chi connectivity index (χ1n) is 3.04. The lowest BCUT2D eigenvalue weighted by molar-refractivity contribution is -0.121. The molecule has 0 aliphatic heterocycles. The third-order valence-electron chi connectivity index (χ3n) is 0.779. The minimum atomic E-state index is 0.0556. The van der Waals surface area contributed by atoms with Gasteiger partial charge in [-0.2, -0.15) is 0 Å². The first kappa shape index (κ1) is 8.82. The molecular weight excluding hydrogens is 134 g/mol. The quantitative estimate of drug-likeness (QED) is 0.634. The molecule has 1 N–H and O–H groups in total. The predicted molar refractivity (Wildman–Crippen MR) is 40.4 cm³/mol. The summed E-state index contributed by atoms with van der Waals surface area (Å²) in [7, 11) is 0. The van der Waals surface area contributed by atoms with Crippen LogP contribution in [0.5, 0.6) is 0 Å². The van der Waals surface area contributed by atoms with Crippen LogP contribution in [0.15, 0.2) is 0 Å². The summed E-state index contributed by atoms with van der Waals surface area (Å²) in [5.74, 6) is 0.568. The Kier molecular flexibility index (Phi) is 4.58. The van der Waals surface area contributed by atoms with E-state index in [1.165, 1.54) is 0 Å². The van der Waals surface area contributed by atoms with E-state index in [1.807, 2.05) is 13.8 Å². The van der Waals surface area contributed by atoms with Crippen LogP contribution in [0.2, 0.25) is 0 Å². The van der Waals surface area contributed by atoms with Gasteiger partial charge in [0.1, 0.15) is 0 Å². The van der Waals surface area contributed by atoms with Crippen LogP contribution in [0.25, 0.3) is 0 Å². The molecule has 0 aromatic heterocycles. The lowest BCUT2D eigenvalue weighted by Crippen LogP contribution is -2.30. The molecule has 53 valence electrons. The zero-order valence-electron chi connectivity index (χ0n) is 5.81. The molecule has 1 amide bonds. The molecule has 0 aliphatic rings. The van der Waals surface area contributed by atoms with Gasteiger partial charge in [-0.05, 0) is 13.8 Å². The van der Waals surface area contributed by atoms with Crippen molar-refractivity contribution >= 4 is 18.5 Å². The Morgan fingerprint density at radius 1 is 1.67 bits per heavy atom. The SMILES string of the molecule is CC(C)NC(=O)CC[S]. The van der Waals surface area contributed by atoms with Gasteiger partial charge in [0.15, 0.2) is 0 Å². The van der Waals surface area contributed by atoms with Crippen molar-refractivity contribution in [2.75, 3.05) is 5.75 Å². The van der Waals surface area contributed by atoms with Gasteiger partial charge in [-0.15, -0.1) is 0 Å². The molecule has 0 bridgehead atoms. The molecule has 3 heteroatoms. The third-order valence-corrected chi connectivity index (χ3v) is 0.983. The number of nitrogens with one attached hydrogen (secondary N) is 1. The molecule has 0 fully saturated rings. The van der Waals surface area contributed by atoms with Crippen LogP contribution >= 0.6 is 12.6 Å². The molecule has 0 spiro atoms. The molecule has 2 nitrogen and oxygen atoms in total. The summed E-state index contributed by atoms with van der Waals surface area (Å²) in [6.07, 6.45) is 0.466. The fourth-order valence-corrected chi connectivity index (χ4v) is 0.672. The number of rotatable bonds is 3. The fraction of sp³-hybridized carbons (Fsp3) is 0.833.